The SMILES string of the molecule is Brc1ccc(N=Nc2ccc(Br)cc2)cc1.Brc1cccc(N=Nc2cccc(Br)c2)c1.C#Cc1cc(C#C)cc(C#C)c1.C#Cc1cc(C#C)cc(C#C)c1.C#Cc1cc(C#C)cc(C#C)c1.Cc1c(Br)cc(N=Nc2ccccc2)cc1Br.Cc1c(Br)cc(N=Nc2ccccc2)cc1Br. The summed E-state index contributed by atoms with van der Waals surface area (Å²) in [6, 6.07) is 73.7. The van der Waals surface area contributed by atoms with Crippen molar-refractivity contribution in [2.75, 3.05) is 0 Å². The van der Waals surface area contributed by atoms with E-state index >= 15 is 0 Å². The highest BCUT2D eigenvalue weighted by Gasteiger charge is 2.05. The second-order valence-electron chi connectivity index (χ2n) is 20.1. The minimum absolute atomic E-state index is 0.721. The van der Waals surface area contributed by atoms with Crippen LogP contribution in [-0.2, 0) is 0 Å². The number of halogens is 8. The molecule has 0 amide bonds. The Morgan fingerprint density at radius 2 is 0.392 bits per heavy atom. The van der Waals surface area contributed by atoms with E-state index < -0.39 is 0 Å². The van der Waals surface area contributed by atoms with E-state index in [2.05, 4.69) is 222 Å². The zero-order chi connectivity index (χ0) is 74.2. The average molecular weight is 1840 g/mol. The zero-order valence-electron chi connectivity index (χ0n) is 54.3. The molecule has 0 bridgehead atoms. The van der Waals surface area contributed by atoms with Crippen molar-refractivity contribution in [3.05, 3.63) is 334 Å². The van der Waals surface area contributed by atoms with Gasteiger partial charge in [-0.15, -0.1) is 57.8 Å². The van der Waals surface area contributed by atoms with Crippen LogP contribution in [0.3, 0.4) is 0 Å². The van der Waals surface area contributed by atoms with Crippen LogP contribution in [0.25, 0.3) is 0 Å². The van der Waals surface area contributed by atoms with Gasteiger partial charge in [-0.2, -0.15) is 40.9 Å². The first-order valence-corrected chi connectivity index (χ1v) is 35.9. The molecule has 0 N–H and O–H groups in total. The maximum absolute atomic E-state index is 5.21. The molecule has 0 aliphatic heterocycles. The molecule has 0 aliphatic rings. The van der Waals surface area contributed by atoms with E-state index in [-0.39, 0.29) is 0 Å². The van der Waals surface area contributed by atoms with Crippen LogP contribution in [0.5, 0.6) is 0 Å². The van der Waals surface area contributed by atoms with Gasteiger partial charge in [-0.3, -0.25) is 0 Å². The van der Waals surface area contributed by atoms with Crippen LogP contribution >= 0.6 is 127 Å². The molecular formula is C86H54Br8N8. The van der Waals surface area contributed by atoms with E-state index in [1.54, 1.807) is 54.6 Å². The molecule has 11 rings (SSSR count). The number of terminal acetylenes is 9. The van der Waals surface area contributed by atoms with Crippen LogP contribution in [0.1, 0.15) is 61.2 Å². The molecule has 0 radical (unpaired) electrons. The molecule has 0 heterocycles. The Kier molecular flexibility index (Phi) is 36.7. The van der Waals surface area contributed by atoms with Crippen molar-refractivity contribution in [3.8, 4) is 111 Å². The number of benzene rings is 11. The molecule has 494 valence electrons. The number of hydrogen-bond donors (Lipinski definition) is 0. The van der Waals surface area contributed by atoms with Crippen molar-refractivity contribution in [3.63, 3.8) is 0 Å². The van der Waals surface area contributed by atoms with Crippen molar-refractivity contribution in [1.82, 2.24) is 0 Å². The van der Waals surface area contributed by atoms with Crippen LogP contribution in [0.15, 0.2) is 313 Å². The Morgan fingerprint density at radius 3 is 0.608 bits per heavy atom. The van der Waals surface area contributed by atoms with Gasteiger partial charge in [0.2, 0.25) is 0 Å². The fourth-order valence-corrected chi connectivity index (χ4v) is 11.2. The first kappa shape index (κ1) is 82.4. The third-order valence-corrected chi connectivity index (χ3v) is 18.1. The van der Waals surface area contributed by atoms with Gasteiger partial charge >= 0.3 is 0 Å². The molecule has 0 unspecified atom stereocenters. The van der Waals surface area contributed by atoms with Gasteiger partial charge in [0.1, 0.15) is 0 Å². The first-order chi connectivity index (χ1) is 49.2. The summed E-state index contributed by atoms with van der Waals surface area (Å²) in [7, 11) is 0. The van der Waals surface area contributed by atoms with Gasteiger partial charge in [0.05, 0.1) is 45.5 Å². The van der Waals surface area contributed by atoms with Gasteiger partial charge in [-0.25, -0.2) is 0 Å². The summed E-state index contributed by atoms with van der Waals surface area (Å²) in [5.74, 6) is 22.4. The normalized spacial score (nSPS) is 9.81. The van der Waals surface area contributed by atoms with Gasteiger partial charge < -0.3 is 0 Å². The van der Waals surface area contributed by atoms with Crippen LogP contribution in [0.2, 0.25) is 0 Å². The molecule has 102 heavy (non-hydrogen) atoms. The summed E-state index contributed by atoms with van der Waals surface area (Å²) >= 11 is 27.5. The molecule has 0 saturated heterocycles. The van der Waals surface area contributed by atoms with Crippen molar-refractivity contribution in [2.24, 2.45) is 40.9 Å². The lowest BCUT2D eigenvalue weighted by Gasteiger charge is -2.02. The van der Waals surface area contributed by atoms with Crippen LogP contribution in [-0.4, -0.2) is 0 Å². The van der Waals surface area contributed by atoms with E-state index in [1.807, 2.05) is 196 Å². The molecular weight excluding hydrogens is 1780 g/mol. The van der Waals surface area contributed by atoms with E-state index in [0.717, 1.165) is 142 Å². The molecule has 0 saturated carbocycles. The molecule has 0 aromatic heterocycles. The number of azo groups is 4. The molecule has 11 aromatic carbocycles. The molecule has 0 spiro atoms. The molecule has 16 heteroatoms. The predicted octanol–water partition coefficient (Wildman–Crippen LogP) is 28.0. The summed E-state index contributed by atoms with van der Waals surface area (Å²) in [6.07, 6.45) is 46.9. The smallest absolute Gasteiger partial charge is 0.0879 e. The fourth-order valence-electron chi connectivity index (χ4n) is 7.56. The lowest BCUT2D eigenvalue weighted by Crippen LogP contribution is -1.82. The van der Waals surface area contributed by atoms with E-state index in [0.29, 0.717) is 0 Å². The Morgan fingerprint density at radius 1 is 0.196 bits per heavy atom. The molecule has 0 atom stereocenters. The van der Waals surface area contributed by atoms with E-state index in [9.17, 15) is 0 Å². The lowest BCUT2D eigenvalue weighted by molar-refractivity contribution is 1.22. The van der Waals surface area contributed by atoms with Gasteiger partial charge in [-0.1, -0.05) is 229 Å². The van der Waals surface area contributed by atoms with Crippen LogP contribution < -0.4 is 0 Å². The number of rotatable bonds is 8. The van der Waals surface area contributed by atoms with Crippen molar-refractivity contribution >= 4 is 173 Å². The summed E-state index contributed by atoms with van der Waals surface area (Å²) < 4.78 is 8.16. The maximum atomic E-state index is 5.21. The fraction of sp³-hybridized carbons (Fsp3) is 0.0233. The highest BCUT2D eigenvalue weighted by Crippen LogP contribution is 2.33. The summed E-state index contributed by atoms with van der Waals surface area (Å²) in [4.78, 5) is 0. The number of hydrogen-bond acceptors (Lipinski definition) is 8. The maximum Gasteiger partial charge on any atom is 0.0879 e. The van der Waals surface area contributed by atoms with Gasteiger partial charge in [0, 0.05) is 85.9 Å². The Balaban J connectivity index is 0.000000215. The second kappa shape index (κ2) is 45.5. The molecule has 11 aromatic rings. The Labute approximate surface area is 665 Å². The standard InChI is InChI=1S/2C13H10Br2N2.2C12H8Br2N2.3C12H6/c2*1-9-12(14)7-11(8-13(9)15)17-16-10-5-3-2-4-6-10;13-9-1-5-11(6-2-9)15-16-12-7-3-10(14)4-8-12;13-9-3-1-5-11(7-9)15-16-12-6-2-4-10(14)8-12;3*1-4-10-7-11(5-2)9-12(6-3)8-10/h2*2-8H,1H3;2*1-8H;3*1-3,7-9H. The third kappa shape index (κ3) is 30.7. The monoisotopic (exact) mass is 1830 g/mol. The molecule has 0 fully saturated rings. The third-order valence-electron chi connectivity index (χ3n) is 12.7. The Hall–Kier alpha value is -10.3. The Bertz CT molecular complexity index is 4530. The van der Waals surface area contributed by atoms with Crippen LogP contribution in [0, 0.1) is 125 Å². The van der Waals surface area contributed by atoms with Crippen molar-refractivity contribution in [1.29, 1.82) is 0 Å². The van der Waals surface area contributed by atoms with E-state index in [4.69, 9.17) is 57.8 Å². The second-order valence-corrected chi connectivity index (χ2v) is 27.2. The summed E-state index contributed by atoms with van der Waals surface area (Å²) in [5.41, 5.74) is 15.5. The highest BCUT2D eigenvalue weighted by molar-refractivity contribution is 9.12. The zero-order valence-corrected chi connectivity index (χ0v) is 67.0. The minimum atomic E-state index is 0.721. The quantitative estimate of drug-likeness (QED) is 0.107. The minimum Gasteiger partial charge on any atom is -0.151 e. The average Bonchev–Trinajstić information content (AvgIpc) is 0.858. The molecule has 8 nitrogen and oxygen atoms in total. The summed E-state index contributed by atoms with van der Waals surface area (Å²) in [5, 5.41) is 33.3. The topological polar surface area (TPSA) is 98.9 Å². The number of nitrogens with zero attached hydrogens (tertiary/aromatic N) is 8. The lowest BCUT2D eigenvalue weighted by atomic mass is 10.1. The molecule has 0 aliphatic carbocycles. The highest BCUT2D eigenvalue weighted by atomic mass is 79.9. The van der Waals surface area contributed by atoms with Gasteiger partial charge in [-0.05, 0) is 213 Å². The first-order valence-electron chi connectivity index (χ1n) is 29.6. The largest absolute Gasteiger partial charge is 0.151 e. The summed E-state index contributed by atoms with van der Waals surface area (Å²) in [6.45, 7) is 4.07. The van der Waals surface area contributed by atoms with Gasteiger partial charge in [0.25, 0.3) is 0 Å². The van der Waals surface area contributed by atoms with Crippen molar-refractivity contribution in [2.45, 2.75) is 13.8 Å². The van der Waals surface area contributed by atoms with E-state index in [1.165, 1.54) is 0 Å². The van der Waals surface area contributed by atoms with Crippen LogP contribution in [0.4, 0.5) is 45.5 Å². The van der Waals surface area contributed by atoms with Gasteiger partial charge in [0.15, 0.2) is 0 Å². The van der Waals surface area contributed by atoms with Crippen molar-refractivity contribution < 1.29 is 0 Å². The predicted molar refractivity (Wildman–Crippen MR) is 450 cm³/mol.